The number of sulfonamides is 1. The number of hydrogen-bond donors (Lipinski definition) is 2. The van der Waals surface area contributed by atoms with Crippen LogP contribution in [0.25, 0.3) is 0 Å². The molecule has 90 valence electrons. The molecular weight excluding hydrogens is 240 g/mol. The summed E-state index contributed by atoms with van der Waals surface area (Å²) in [5, 5.41) is 2.24. The molecular formula is C8H17ClN2O3S. The number of carbonyl (C=O) groups excluding carboxylic acids is 1. The van der Waals surface area contributed by atoms with Crippen molar-refractivity contribution in [3.63, 3.8) is 0 Å². The molecule has 0 heterocycles. The van der Waals surface area contributed by atoms with E-state index in [4.69, 9.17) is 11.6 Å². The highest BCUT2D eigenvalue weighted by Gasteiger charge is 2.09. The lowest BCUT2D eigenvalue weighted by atomic mass is 10.2. The van der Waals surface area contributed by atoms with Gasteiger partial charge in [-0.05, 0) is 13.3 Å². The van der Waals surface area contributed by atoms with E-state index in [9.17, 15) is 13.2 Å². The Hall–Kier alpha value is -0.330. The van der Waals surface area contributed by atoms with Gasteiger partial charge in [-0.1, -0.05) is 6.92 Å². The van der Waals surface area contributed by atoms with Gasteiger partial charge in [0, 0.05) is 19.0 Å². The maximum absolute atomic E-state index is 11.2. The highest BCUT2D eigenvalue weighted by atomic mass is 35.5. The van der Waals surface area contributed by atoms with Crippen molar-refractivity contribution in [3.05, 3.63) is 0 Å². The monoisotopic (exact) mass is 256 g/mol. The van der Waals surface area contributed by atoms with Crippen LogP contribution in [0, 0.1) is 0 Å². The lowest BCUT2D eigenvalue weighted by molar-refractivity contribution is -0.121. The first kappa shape index (κ1) is 14.7. The zero-order valence-corrected chi connectivity index (χ0v) is 10.5. The molecule has 0 aliphatic carbocycles. The summed E-state index contributed by atoms with van der Waals surface area (Å²) in [5.41, 5.74) is 0. The normalized spacial score (nSPS) is 13.5. The summed E-state index contributed by atoms with van der Waals surface area (Å²) in [6.07, 6.45) is 0.972. The highest BCUT2D eigenvalue weighted by molar-refractivity contribution is 7.90. The number of rotatable bonds is 7. The number of carbonyl (C=O) groups is 1. The molecule has 0 saturated carbocycles. The van der Waals surface area contributed by atoms with E-state index in [0.29, 0.717) is 0 Å². The number of alkyl halides is 1. The van der Waals surface area contributed by atoms with E-state index in [-0.39, 0.29) is 24.9 Å². The molecule has 2 N–H and O–H groups in total. The molecule has 5 nitrogen and oxygen atoms in total. The zero-order chi connectivity index (χ0) is 11.9. The van der Waals surface area contributed by atoms with Crippen LogP contribution in [-0.2, 0) is 14.8 Å². The molecule has 0 saturated heterocycles. The molecule has 0 aliphatic rings. The van der Waals surface area contributed by atoms with Crippen LogP contribution in [0.4, 0.5) is 0 Å². The lowest BCUT2D eigenvalue weighted by Gasteiger charge is -2.11. The third-order valence-corrected chi connectivity index (χ3v) is 3.63. The molecule has 1 atom stereocenters. The Balaban J connectivity index is 3.74. The number of hydrogen-bond acceptors (Lipinski definition) is 3. The Morgan fingerprint density at radius 1 is 1.47 bits per heavy atom. The van der Waals surface area contributed by atoms with E-state index >= 15 is 0 Å². The first-order valence-corrected chi connectivity index (χ1v) is 6.92. The number of nitrogens with one attached hydrogen (secondary N) is 2. The second kappa shape index (κ2) is 7.03. The molecule has 0 radical (unpaired) electrons. The van der Waals surface area contributed by atoms with E-state index in [1.54, 1.807) is 0 Å². The summed E-state index contributed by atoms with van der Waals surface area (Å²) in [6.45, 7) is 3.93. The minimum atomic E-state index is -3.41. The Bertz CT molecular complexity index is 292. The van der Waals surface area contributed by atoms with Crippen LogP contribution in [-0.4, -0.2) is 32.1 Å². The summed E-state index contributed by atoms with van der Waals surface area (Å²) in [7, 11) is -3.41. The molecule has 0 aromatic heterocycles. The topological polar surface area (TPSA) is 75.3 Å². The quantitative estimate of drug-likeness (QED) is 0.648. The minimum absolute atomic E-state index is 0.0807. The van der Waals surface area contributed by atoms with Gasteiger partial charge >= 0.3 is 0 Å². The van der Waals surface area contributed by atoms with Crippen LogP contribution in [0.2, 0.25) is 0 Å². The predicted octanol–water partition coefficient (Wildman–Crippen LogP) is 0.407. The Labute approximate surface area is 95.6 Å². The molecule has 0 bridgehead atoms. The Kier molecular flexibility index (Phi) is 6.87. The average molecular weight is 257 g/mol. The van der Waals surface area contributed by atoms with Gasteiger partial charge in [0.2, 0.25) is 15.9 Å². The molecule has 0 aromatic carbocycles. The van der Waals surface area contributed by atoms with Crippen LogP contribution in [0.15, 0.2) is 0 Å². The summed E-state index contributed by atoms with van der Waals surface area (Å²) >= 11 is 5.16. The van der Waals surface area contributed by atoms with Gasteiger partial charge in [-0.2, -0.15) is 0 Å². The summed E-state index contributed by atoms with van der Waals surface area (Å²) in [6, 6.07) is 0.113. The van der Waals surface area contributed by atoms with Crippen molar-refractivity contribution in [1.29, 1.82) is 0 Å². The van der Waals surface area contributed by atoms with Crippen molar-refractivity contribution in [2.24, 2.45) is 0 Å². The van der Waals surface area contributed by atoms with Gasteiger partial charge in [-0.3, -0.25) is 4.79 Å². The fourth-order valence-electron chi connectivity index (χ4n) is 0.808. The van der Waals surface area contributed by atoms with Crippen molar-refractivity contribution < 1.29 is 13.2 Å². The Morgan fingerprint density at radius 2 is 2.07 bits per heavy atom. The third-order valence-electron chi connectivity index (χ3n) is 1.84. The lowest BCUT2D eigenvalue weighted by Crippen LogP contribution is -2.35. The minimum Gasteiger partial charge on any atom is -0.354 e. The van der Waals surface area contributed by atoms with Gasteiger partial charge in [0.1, 0.15) is 5.21 Å². The van der Waals surface area contributed by atoms with Crippen LogP contribution in [0.5, 0.6) is 0 Å². The third kappa shape index (κ3) is 7.58. The van der Waals surface area contributed by atoms with Crippen LogP contribution in [0.3, 0.4) is 0 Å². The first-order valence-electron chi connectivity index (χ1n) is 4.74. The van der Waals surface area contributed by atoms with Crippen LogP contribution in [0.1, 0.15) is 26.7 Å². The number of amides is 1. The molecule has 0 fully saturated rings. The van der Waals surface area contributed by atoms with Gasteiger partial charge in [0.25, 0.3) is 0 Å². The second-order valence-corrected chi connectivity index (χ2v) is 5.64. The standard InChI is InChI=1S/C8H17ClN2O3S/c1-3-7(2)11-8(12)4-5-10-15(13,14)6-9/h7,10H,3-6H2,1-2H3,(H,11,12). The van der Waals surface area contributed by atoms with Crippen molar-refractivity contribution in [2.45, 2.75) is 32.7 Å². The first-order chi connectivity index (χ1) is 6.91. The molecule has 0 rings (SSSR count). The molecule has 0 aromatic rings. The van der Waals surface area contributed by atoms with Gasteiger partial charge in [0.15, 0.2) is 0 Å². The van der Waals surface area contributed by atoms with Gasteiger partial charge in [0.05, 0.1) is 0 Å². The van der Waals surface area contributed by atoms with Crippen molar-refractivity contribution in [2.75, 3.05) is 11.8 Å². The van der Waals surface area contributed by atoms with E-state index in [1.807, 2.05) is 13.8 Å². The smallest absolute Gasteiger partial charge is 0.225 e. The van der Waals surface area contributed by atoms with E-state index in [0.717, 1.165) is 6.42 Å². The second-order valence-electron chi connectivity index (χ2n) is 3.25. The summed E-state index contributed by atoms with van der Waals surface area (Å²) < 4.78 is 24.0. The van der Waals surface area contributed by atoms with E-state index < -0.39 is 15.2 Å². The molecule has 1 amide bonds. The summed E-state index contributed by atoms with van der Waals surface area (Å²) in [4.78, 5) is 11.2. The fourth-order valence-corrected chi connectivity index (χ4v) is 1.53. The van der Waals surface area contributed by atoms with Crippen molar-refractivity contribution in [3.8, 4) is 0 Å². The average Bonchev–Trinajstić information content (AvgIpc) is 2.17. The molecule has 0 spiro atoms. The predicted molar refractivity (Wildman–Crippen MR) is 60.2 cm³/mol. The van der Waals surface area contributed by atoms with Crippen LogP contribution >= 0.6 is 11.6 Å². The largest absolute Gasteiger partial charge is 0.354 e. The van der Waals surface area contributed by atoms with E-state index in [1.165, 1.54) is 0 Å². The maximum atomic E-state index is 11.2. The number of halogens is 1. The molecule has 1 unspecified atom stereocenters. The van der Waals surface area contributed by atoms with Gasteiger partial charge in [-0.25, -0.2) is 13.1 Å². The van der Waals surface area contributed by atoms with Crippen LogP contribution < -0.4 is 10.0 Å². The van der Waals surface area contributed by atoms with Gasteiger partial charge in [-0.15, -0.1) is 11.6 Å². The van der Waals surface area contributed by atoms with Crippen molar-refractivity contribution in [1.82, 2.24) is 10.0 Å². The summed E-state index contributed by atoms with van der Waals surface area (Å²) in [5.74, 6) is -0.165. The maximum Gasteiger partial charge on any atom is 0.225 e. The van der Waals surface area contributed by atoms with Crippen molar-refractivity contribution >= 4 is 27.5 Å². The highest BCUT2D eigenvalue weighted by Crippen LogP contribution is 1.91. The molecule has 0 aliphatic heterocycles. The molecule has 7 heteroatoms. The SMILES string of the molecule is CCC(C)NC(=O)CCNS(=O)(=O)CCl. The van der Waals surface area contributed by atoms with Gasteiger partial charge < -0.3 is 5.32 Å². The van der Waals surface area contributed by atoms with E-state index in [2.05, 4.69) is 10.0 Å². The molecule has 15 heavy (non-hydrogen) atoms. The zero-order valence-electron chi connectivity index (χ0n) is 8.92. The Morgan fingerprint density at radius 3 is 2.53 bits per heavy atom. The fraction of sp³-hybridized carbons (Fsp3) is 0.875.